The Labute approximate surface area is 151 Å². The van der Waals surface area contributed by atoms with E-state index < -0.39 is 8.56 Å². The van der Waals surface area contributed by atoms with Crippen molar-refractivity contribution in [1.82, 2.24) is 0 Å². The van der Waals surface area contributed by atoms with E-state index in [1.807, 2.05) is 0 Å². The summed E-state index contributed by atoms with van der Waals surface area (Å²) in [6, 6.07) is 6.39. The Morgan fingerprint density at radius 2 is 1.40 bits per heavy atom. The third kappa shape index (κ3) is 5.55. The van der Waals surface area contributed by atoms with Crippen LogP contribution in [-0.2, 0) is 8.85 Å². The van der Waals surface area contributed by atoms with Gasteiger partial charge in [0.25, 0.3) is 0 Å². The Kier molecular flexibility index (Phi) is 9.20. The van der Waals surface area contributed by atoms with Gasteiger partial charge in [0.1, 0.15) is 0 Å². The highest BCUT2D eigenvalue weighted by molar-refractivity contribution is 14.1. The molecule has 114 valence electrons. The summed E-state index contributed by atoms with van der Waals surface area (Å²) in [5.74, 6) is 0. The minimum absolute atomic E-state index is 0.798. The maximum atomic E-state index is 6.27. The molecule has 1 aromatic rings. The second-order valence-corrected chi connectivity index (χ2v) is 10.2. The van der Waals surface area contributed by atoms with E-state index in [1.165, 1.54) is 12.3 Å². The topological polar surface area (TPSA) is 18.5 Å². The Morgan fingerprint density at radius 3 is 1.80 bits per heavy atom. The Bertz CT molecular complexity index is 383. The van der Waals surface area contributed by atoms with Crippen LogP contribution < -0.4 is 5.19 Å². The Morgan fingerprint density at radius 1 is 0.950 bits per heavy atom. The molecule has 0 aliphatic rings. The molecule has 1 aromatic carbocycles. The van der Waals surface area contributed by atoms with Crippen molar-refractivity contribution in [3.63, 3.8) is 0 Å². The summed E-state index contributed by atoms with van der Waals surface area (Å²) < 4.78 is 15.1. The van der Waals surface area contributed by atoms with Gasteiger partial charge < -0.3 is 8.85 Å². The van der Waals surface area contributed by atoms with Crippen LogP contribution in [0.4, 0.5) is 0 Å². The van der Waals surface area contributed by atoms with E-state index in [2.05, 4.69) is 83.8 Å². The van der Waals surface area contributed by atoms with Crippen LogP contribution in [0.25, 0.3) is 0 Å². The van der Waals surface area contributed by atoms with E-state index in [0.29, 0.717) is 0 Å². The fourth-order valence-electron chi connectivity index (χ4n) is 1.94. The van der Waals surface area contributed by atoms with Gasteiger partial charge in [-0.2, -0.15) is 0 Å². The lowest BCUT2D eigenvalue weighted by atomic mass is 10.4. The summed E-state index contributed by atoms with van der Waals surface area (Å²) in [6.07, 6.45) is 4.50. The zero-order chi connectivity index (χ0) is 15.0. The maximum absolute atomic E-state index is 6.27. The van der Waals surface area contributed by atoms with Crippen LogP contribution in [0.15, 0.2) is 18.2 Å². The normalized spacial score (nSPS) is 11.8. The summed E-state index contributed by atoms with van der Waals surface area (Å²) in [6.45, 7) is 8.17. The number of hydrogen-bond donors (Lipinski definition) is 0. The monoisotopic (exact) mass is 518 g/mol. The van der Waals surface area contributed by atoms with Crippen LogP contribution in [0, 0.1) is 7.14 Å². The van der Waals surface area contributed by atoms with Crippen molar-refractivity contribution in [3.8, 4) is 0 Å². The van der Waals surface area contributed by atoms with Gasteiger partial charge in [-0.3, -0.25) is 0 Å². The van der Waals surface area contributed by atoms with Gasteiger partial charge in [0.15, 0.2) is 0 Å². The van der Waals surface area contributed by atoms with Crippen molar-refractivity contribution in [2.24, 2.45) is 0 Å². The lowest BCUT2D eigenvalue weighted by Crippen LogP contribution is -2.54. The standard InChI is InChI=1S/C15H24I2O2Si/c1-4-6-11-18-20(3,19-12-7-5-2)15-13(16)9-8-10-14(15)17/h8-10H,4-7,11-12H2,1-3H3. The van der Waals surface area contributed by atoms with Crippen molar-refractivity contribution in [3.05, 3.63) is 25.3 Å². The second kappa shape index (κ2) is 9.76. The molecule has 0 bridgehead atoms. The van der Waals surface area contributed by atoms with Gasteiger partial charge >= 0.3 is 8.56 Å². The molecule has 0 fully saturated rings. The largest absolute Gasteiger partial charge is 0.391 e. The molecule has 0 radical (unpaired) electrons. The van der Waals surface area contributed by atoms with Crippen LogP contribution in [0.2, 0.25) is 6.55 Å². The summed E-state index contributed by atoms with van der Waals surface area (Å²) in [5.41, 5.74) is 0. The first-order valence-electron chi connectivity index (χ1n) is 7.27. The predicted molar refractivity (Wildman–Crippen MR) is 105 cm³/mol. The third-order valence-electron chi connectivity index (χ3n) is 3.17. The van der Waals surface area contributed by atoms with Crippen LogP contribution in [-0.4, -0.2) is 21.8 Å². The van der Waals surface area contributed by atoms with Crippen molar-refractivity contribution < 1.29 is 8.85 Å². The van der Waals surface area contributed by atoms with Gasteiger partial charge in [0, 0.05) is 25.5 Å². The first-order valence-corrected chi connectivity index (χ1v) is 11.7. The third-order valence-corrected chi connectivity index (χ3v) is 8.94. The summed E-state index contributed by atoms with van der Waals surface area (Å²) in [7, 11) is -2.30. The van der Waals surface area contributed by atoms with Crippen molar-refractivity contribution in [1.29, 1.82) is 0 Å². The molecule has 1 rings (SSSR count). The van der Waals surface area contributed by atoms with Gasteiger partial charge in [0.2, 0.25) is 0 Å². The molecule has 0 unspecified atom stereocenters. The van der Waals surface area contributed by atoms with Crippen LogP contribution >= 0.6 is 45.2 Å². The fourth-order valence-corrected chi connectivity index (χ4v) is 8.87. The summed E-state index contributed by atoms with van der Waals surface area (Å²) >= 11 is 4.81. The Balaban J connectivity index is 2.95. The quantitative estimate of drug-likeness (QED) is 0.266. The summed E-state index contributed by atoms with van der Waals surface area (Å²) in [5, 5.41) is 1.30. The van der Waals surface area contributed by atoms with Gasteiger partial charge in [-0.25, -0.2) is 0 Å². The number of rotatable bonds is 9. The molecule has 0 heterocycles. The van der Waals surface area contributed by atoms with E-state index in [-0.39, 0.29) is 0 Å². The molecule has 0 aromatic heterocycles. The van der Waals surface area contributed by atoms with Crippen molar-refractivity contribution in [2.75, 3.05) is 13.2 Å². The number of benzene rings is 1. The van der Waals surface area contributed by atoms with E-state index in [4.69, 9.17) is 8.85 Å². The molecule has 0 atom stereocenters. The zero-order valence-electron chi connectivity index (χ0n) is 12.5. The van der Waals surface area contributed by atoms with Crippen molar-refractivity contribution >= 4 is 58.9 Å². The Hall–Kier alpha value is 0.817. The second-order valence-electron chi connectivity index (χ2n) is 4.95. The van der Waals surface area contributed by atoms with Gasteiger partial charge in [-0.1, -0.05) is 32.8 Å². The zero-order valence-corrected chi connectivity index (χ0v) is 17.9. The van der Waals surface area contributed by atoms with Gasteiger partial charge in [-0.05, 0) is 76.7 Å². The lowest BCUT2D eigenvalue weighted by molar-refractivity contribution is 0.180. The van der Waals surface area contributed by atoms with E-state index >= 15 is 0 Å². The fraction of sp³-hybridized carbons (Fsp3) is 0.600. The van der Waals surface area contributed by atoms with Gasteiger partial charge in [-0.15, -0.1) is 0 Å². The van der Waals surface area contributed by atoms with Crippen LogP contribution in [0.5, 0.6) is 0 Å². The SMILES string of the molecule is CCCCO[Si](C)(OCCCC)c1c(I)cccc1I. The average Bonchev–Trinajstić information content (AvgIpc) is 2.39. The molecule has 0 saturated carbocycles. The van der Waals surface area contributed by atoms with E-state index in [1.54, 1.807) is 0 Å². The molecular weight excluding hydrogens is 494 g/mol. The smallest absolute Gasteiger partial charge is 0.371 e. The molecule has 2 nitrogen and oxygen atoms in total. The minimum Gasteiger partial charge on any atom is -0.391 e. The van der Waals surface area contributed by atoms with Crippen LogP contribution in [0.1, 0.15) is 39.5 Å². The molecule has 0 saturated heterocycles. The van der Waals surface area contributed by atoms with Crippen molar-refractivity contribution in [2.45, 2.75) is 46.1 Å². The highest BCUT2D eigenvalue weighted by Crippen LogP contribution is 2.18. The molecule has 0 aliphatic carbocycles. The van der Waals surface area contributed by atoms with E-state index in [0.717, 1.165) is 38.9 Å². The highest BCUT2D eigenvalue weighted by Gasteiger charge is 2.37. The number of hydrogen-bond acceptors (Lipinski definition) is 2. The molecule has 5 heteroatoms. The number of unbranched alkanes of at least 4 members (excludes halogenated alkanes) is 2. The maximum Gasteiger partial charge on any atom is 0.371 e. The molecule has 0 spiro atoms. The predicted octanol–water partition coefficient (Wildman–Crippen LogP) is 4.81. The molecule has 0 amide bonds. The minimum atomic E-state index is -2.30. The summed E-state index contributed by atoms with van der Waals surface area (Å²) in [4.78, 5) is 0. The van der Waals surface area contributed by atoms with Gasteiger partial charge in [0.05, 0.1) is 0 Å². The first kappa shape index (κ1) is 18.9. The number of halogens is 2. The lowest BCUT2D eigenvalue weighted by Gasteiger charge is -2.29. The molecule has 0 aliphatic heterocycles. The molecular formula is C15H24I2O2Si. The van der Waals surface area contributed by atoms with Crippen LogP contribution in [0.3, 0.4) is 0 Å². The highest BCUT2D eigenvalue weighted by atomic mass is 127. The molecule has 0 N–H and O–H groups in total. The molecule has 20 heavy (non-hydrogen) atoms. The van der Waals surface area contributed by atoms with E-state index in [9.17, 15) is 0 Å². The first-order chi connectivity index (χ1) is 9.55. The average molecular weight is 518 g/mol.